The van der Waals surface area contributed by atoms with Gasteiger partial charge in [-0.1, -0.05) is 6.92 Å². The Kier molecular flexibility index (Phi) is 3.74. The molecule has 1 amide bonds. The number of nitrogens with zero attached hydrogens (tertiary/aromatic N) is 3. The number of hydrogen-bond acceptors (Lipinski definition) is 3. The Labute approximate surface area is 113 Å². The summed E-state index contributed by atoms with van der Waals surface area (Å²) in [5, 5.41) is 0. The smallest absolute Gasteiger partial charge is 0.242 e. The number of imidazole rings is 1. The largest absolute Gasteiger partial charge is 0.399 e. The van der Waals surface area contributed by atoms with Gasteiger partial charge in [0, 0.05) is 26.2 Å². The van der Waals surface area contributed by atoms with Crippen LogP contribution < -0.4 is 5.73 Å². The van der Waals surface area contributed by atoms with Gasteiger partial charge in [-0.2, -0.15) is 0 Å². The first-order valence-electron chi connectivity index (χ1n) is 6.47. The number of benzene rings is 1. The van der Waals surface area contributed by atoms with E-state index in [0.717, 1.165) is 29.7 Å². The summed E-state index contributed by atoms with van der Waals surface area (Å²) in [6.07, 6.45) is 1.85. The maximum atomic E-state index is 11.9. The molecule has 2 aromatic rings. The predicted molar refractivity (Wildman–Crippen MR) is 76.8 cm³/mol. The molecule has 1 aromatic heterocycles. The number of nitrogen functional groups attached to an aromatic ring is 1. The van der Waals surface area contributed by atoms with Crippen molar-refractivity contribution >= 4 is 22.6 Å². The topological polar surface area (TPSA) is 64.1 Å². The summed E-state index contributed by atoms with van der Waals surface area (Å²) in [5.74, 6) is 1.01. The molecule has 0 aliphatic rings. The van der Waals surface area contributed by atoms with Crippen molar-refractivity contribution < 1.29 is 4.79 Å². The average Bonchev–Trinajstić information content (AvgIpc) is 2.67. The van der Waals surface area contributed by atoms with E-state index in [1.165, 1.54) is 0 Å². The number of likely N-dealkylation sites (N-methyl/N-ethyl adjacent to an activating group) is 1. The molecule has 0 unspecified atom stereocenters. The summed E-state index contributed by atoms with van der Waals surface area (Å²) in [5.41, 5.74) is 8.30. The van der Waals surface area contributed by atoms with Gasteiger partial charge < -0.3 is 15.2 Å². The van der Waals surface area contributed by atoms with Crippen molar-refractivity contribution in [3.05, 3.63) is 24.0 Å². The minimum Gasteiger partial charge on any atom is -0.399 e. The Bertz CT molecular complexity index is 601. The fourth-order valence-corrected chi connectivity index (χ4v) is 2.06. The van der Waals surface area contributed by atoms with Crippen molar-refractivity contribution in [2.75, 3.05) is 19.8 Å². The number of carbonyl (C=O) groups is 1. The van der Waals surface area contributed by atoms with Gasteiger partial charge in [-0.3, -0.25) is 4.79 Å². The SMILES string of the molecule is CCCc1nc2cc(N)ccc2n1CC(=O)N(C)C. The molecule has 19 heavy (non-hydrogen) atoms. The van der Waals surface area contributed by atoms with Crippen molar-refractivity contribution in [3.8, 4) is 0 Å². The summed E-state index contributed by atoms with van der Waals surface area (Å²) in [6, 6.07) is 5.63. The third-order valence-electron chi connectivity index (χ3n) is 3.12. The molecule has 0 aliphatic carbocycles. The molecule has 0 aliphatic heterocycles. The first-order valence-corrected chi connectivity index (χ1v) is 6.47. The summed E-state index contributed by atoms with van der Waals surface area (Å²) in [7, 11) is 3.53. The highest BCUT2D eigenvalue weighted by atomic mass is 16.2. The van der Waals surface area contributed by atoms with Crippen LogP contribution in [0, 0.1) is 0 Å². The minimum absolute atomic E-state index is 0.0634. The second-order valence-corrected chi connectivity index (χ2v) is 4.90. The Morgan fingerprint density at radius 1 is 1.42 bits per heavy atom. The second kappa shape index (κ2) is 5.30. The molecule has 1 aromatic carbocycles. The summed E-state index contributed by atoms with van der Waals surface area (Å²) in [4.78, 5) is 18.1. The highest BCUT2D eigenvalue weighted by Crippen LogP contribution is 2.20. The van der Waals surface area contributed by atoms with E-state index >= 15 is 0 Å². The molecule has 5 nitrogen and oxygen atoms in total. The number of anilines is 1. The monoisotopic (exact) mass is 260 g/mol. The molecule has 102 valence electrons. The molecular weight excluding hydrogens is 240 g/mol. The number of carbonyl (C=O) groups excluding carboxylic acids is 1. The lowest BCUT2D eigenvalue weighted by Gasteiger charge is -2.13. The van der Waals surface area contributed by atoms with E-state index in [9.17, 15) is 4.79 Å². The number of aromatic nitrogens is 2. The van der Waals surface area contributed by atoms with E-state index in [4.69, 9.17) is 5.73 Å². The Morgan fingerprint density at radius 3 is 2.79 bits per heavy atom. The van der Waals surface area contributed by atoms with Gasteiger partial charge in [0.15, 0.2) is 0 Å². The van der Waals surface area contributed by atoms with Crippen molar-refractivity contribution in [2.24, 2.45) is 0 Å². The molecule has 2 rings (SSSR count). The number of aryl methyl sites for hydroxylation is 1. The van der Waals surface area contributed by atoms with Crippen LogP contribution in [-0.4, -0.2) is 34.5 Å². The van der Waals surface area contributed by atoms with Crippen LogP contribution in [0.25, 0.3) is 11.0 Å². The van der Waals surface area contributed by atoms with Crippen molar-refractivity contribution in [1.29, 1.82) is 0 Å². The number of rotatable bonds is 4. The van der Waals surface area contributed by atoms with E-state index in [0.29, 0.717) is 12.2 Å². The highest BCUT2D eigenvalue weighted by Gasteiger charge is 2.14. The molecule has 0 bridgehead atoms. The molecular formula is C14H20N4O. The van der Waals surface area contributed by atoms with E-state index in [1.54, 1.807) is 19.0 Å². The first kappa shape index (κ1) is 13.4. The van der Waals surface area contributed by atoms with Crippen molar-refractivity contribution in [2.45, 2.75) is 26.3 Å². The van der Waals surface area contributed by atoms with Crippen LogP contribution in [0.15, 0.2) is 18.2 Å². The lowest BCUT2D eigenvalue weighted by atomic mass is 10.3. The molecule has 0 atom stereocenters. The predicted octanol–water partition coefficient (Wildman–Crippen LogP) is 1.66. The Hall–Kier alpha value is -2.04. The first-order chi connectivity index (χ1) is 9.02. The normalized spacial score (nSPS) is 10.9. The third kappa shape index (κ3) is 2.70. The van der Waals surface area contributed by atoms with Crippen LogP contribution in [0.5, 0.6) is 0 Å². The van der Waals surface area contributed by atoms with E-state index in [1.807, 2.05) is 22.8 Å². The van der Waals surface area contributed by atoms with Gasteiger partial charge in [-0.15, -0.1) is 0 Å². The molecule has 0 radical (unpaired) electrons. The van der Waals surface area contributed by atoms with Gasteiger partial charge in [-0.05, 0) is 24.6 Å². The molecule has 0 spiro atoms. The number of nitrogens with two attached hydrogens (primary N) is 1. The van der Waals surface area contributed by atoms with Gasteiger partial charge in [-0.25, -0.2) is 4.98 Å². The van der Waals surface area contributed by atoms with Gasteiger partial charge in [0.25, 0.3) is 0 Å². The zero-order valence-electron chi connectivity index (χ0n) is 11.7. The van der Waals surface area contributed by atoms with E-state index in [-0.39, 0.29) is 5.91 Å². The summed E-state index contributed by atoms with van der Waals surface area (Å²) < 4.78 is 1.99. The van der Waals surface area contributed by atoms with Crippen LogP contribution >= 0.6 is 0 Å². The highest BCUT2D eigenvalue weighted by molar-refractivity contribution is 5.82. The quantitative estimate of drug-likeness (QED) is 0.850. The lowest BCUT2D eigenvalue weighted by Crippen LogP contribution is -2.27. The number of fused-ring (bicyclic) bond motifs is 1. The van der Waals surface area contributed by atoms with Crippen LogP contribution in [0.1, 0.15) is 19.2 Å². The Balaban J connectivity index is 2.48. The summed E-state index contributed by atoms with van der Waals surface area (Å²) >= 11 is 0. The second-order valence-electron chi connectivity index (χ2n) is 4.90. The number of amides is 1. The molecule has 5 heteroatoms. The standard InChI is InChI=1S/C14H20N4O/c1-4-5-13-16-11-8-10(15)6-7-12(11)18(13)9-14(19)17(2)3/h6-8H,4-5,9,15H2,1-3H3. The maximum Gasteiger partial charge on any atom is 0.242 e. The van der Waals surface area contributed by atoms with Crippen molar-refractivity contribution in [1.82, 2.24) is 14.5 Å². The lowest BCUT2D eigenvalue weighted by molar-refractivity contribution is -0.129. The average molecular weight is 260 g/mol. The third-order valence-corrected chi connectivity index (χ3v) is 3.12. The van der Waals surface area contributed by atoms with Gasteiger partial charge in [0.05, 0.1) is 11.0 Å². The zero-order chi connectivity index (χ0) is 14.0. The molecule has 0 saturated heterocycles. The van der Waals surface area contributed by atoms with Crippen LogP contribution in [0.3, 0.4) is 0 Å². The van der Waals surface area contributed by atoms with Gasteiger partial charge in [0.1, 0.15) is 12.4 Å². The molecule has 2 N–H and O–H groups in total. The van der Waals surface area contributed by atoms with E-state index in [2.05, 4.69) is 11.9 Å². The fraction of sp³-hybridized carbons (Fsp3) is 0.429. The Morgan fingerprint density at radius 2 is 2.16 bits per heavy atom. The molecule has 1 heterocycles. The van der Waals surface area contributed by atoms with Crippen LogP contribution in [0.4, 0.5) is 5.69 Å². The van der Waals surface area contributed by atoms with Gasteiger partial charge in [0.2, 0.25) is 5.91 Å². The summed E-state index contributed by atoms with van der Waals surface area (Å²) in [6.45, 7) is 2.43. The van der Waals surface area contributed by atoms with Crippen LogP contribution in [-0.2, 0) is 17.8 Å². The maximum absolute atomic E-state index is 11.9. The minimum atomic E-state index is 0.0634. The van der Waals surface area contributed by atoms with Crippen LogP contribution in [0.2, 0.25) is 0 Å². The molecule has 0 saturated carbocycles. The van der Waals surface area contributed by atoms with Gasteiger partial charge >= 0.3 is 0 Å². The molecule has 0 fully saturated rings. The number of hydrogen-bond donors (Lipinski definition) is 1. The van der Waals surface area contributed by atoms with Crippen molar-refractivity contribution in [3.63, 3.8) is 0 Å². The fourth-order valence-electron chi connectivity index (χ4n) is 2.06. The van der Waals surface area contributed by atoms with E-state index < -0.39 is 0 Å². The zero-order valence-corrected chi connectivity index (χ0v) is 11.7.